The topological polar surface area (TPSA) is 75.7 Å². The minimum absolute atomic E-state index is 0.170. The number of amides is 2. The van der Waals surface area contributed by atoms with Crippen molar-refractivity contribution < 1.29 is 19.1 Å². The summed E-state index contributed by atoms with van der Waals surface area (Å²) in [7, 11) is 1.30. The number of hydrogen-bond acceptors (Lipinski definition) is 4. The van der Waals surface area contributed by atoms with Crippen molar-refractivity contribution in [2.75, 3.05) is 25.5 Å². The van der Waals surface area contributed by atoms with Crippen molar-refractivity contribution in [2.45, 2.75) is 26.7 Å². The van der Waals surface area contributed by atoms with E-state index in [1.807, 2.05) is 0 Å². The summed E-state index contributed by atoms with van der Waals surface area (Å²) >= 11 is 0. The van der Waals surface area contributed by atoms with Crippen LogP contribution >= 0.6 is 0 Å². The molecule has 1 aromatic rings. The van der Waals surface area contributed by atoms with Gasteiger partial charge in [-0.1, -0.05) is 6.07 Å². The van der Waals surface area contributed by atoms with Crippen LogP contribution in [0, 0.1) is 5.41 Å². The van der Waals surface area contributed by atoms with Gasteiger partial charge in [0.15, 0.2) is 0 Å². The highest BCUT2D eigenvalue weighted by atomic mass is 16.5. The van der Waals surface area contributed by atoms with Crippen molar-refractivity contribution in [3.8, 4) is 0 Å². The first-order valence-electron chi connectivity index (χ1n) is 7.65. The number of carbonyl (C=O) groups excluding carboxylic acids is 3. The molecule has 0 saturated carbocycles. The minimum Gasteiger partial charge on any atom is -0.465 e. The second-order valence-corrected chi connectivity index (χ2v) is 6.15. The van der Waals surface area contributed by atoms with E-state index in [2.05, 4.69) is 10.1 Å². The maximum Gasteiger partial charge on any atom is 0.337 e. The fraction of sp³-hybridized carbons (Fsp3) is 0.471. The predicted octanol–water partition coefficient (Wildman–Crippen LogP) is 2.06. The zero-order valence-corrected chi connectivity index (χ0v) is 13.7. The maximum atomic E-state index is 12.5. The second-order valence-electron chi connectivity index (χ2n) is 6.15. The van der Waals surface area contributed by atoms with E-state index in [1.54, 1.807) is 36.9 Å². The standard InChI is InChI=1S/C17H22N2O4/c1-17(2,16(22)19-9-4-5-10-19)15(21)18-13-8-6-7-12(11-13)14(20)23-3/h6-8,11H,4-5,9-10H2,1-3H3,(H,18,21). The molecule has 2 amide bonds. The Kier molecular flexibility index (Phi) is 5.03. The van der Waals surface area contributed by atoms with Crippen LogP contribution in [0.1, 0.15) is 37.0 Å². The van der Waals surface area contributed by atoms with E-state index in [-0.39, 0.29) is 5.91 Å². The number of hydrogen-bond donors (Lipinski definition) is 1. The van der Waals surface area contributed by atoms with Gasteiger partial charge in [-0.3, -0.25) is 9.59 Å². The molecule has 1 aliphatic heterocycles. The number of benzene rings is 1. The first-order valence-corrected chi connectivity index (χ1v) is 7.65. The number of nitrogens with zero attached hydrogens (tertiary/aromatic N) is 1. The SMILES string of the molecule is COC(=O)c1cccc(NC(=O)C(C)(C)C(=O)N2CCCC2)c1. The van der Waals surface area contributed by atoms with Crippen molar-refractivity contribution in [1.29, 1.82) is 0 Å². The fourth-order valence-electron chi connectivity index (χ4n) is 2.54. The minimum atomic E-state index is -1.16. The predicted molar refractivity (Wildman–Crippen MR) is 86.0 cm³/mol. The normalized spacial score (nSPS) is 14.5. The molecular weight excluding hydrogens is 296 g/mol. The summed E-state index contributed by atoms with van der Waals surface area (Å²) in [6.07, 6.45) is 1.95. The number of anilines is 1. The molecule has 1 heterocycles. The van der Waals surface area contributed by atoms with Gasteiger partial charge in [0.1, 0.15) is 5.41 Å². The van der Waals surface area contributed by atoms with E-state index in [0.29, 0.717) is 24.3 Å². The fourth-order valence-corrected chi connectivity index (χ4v) is 2.54. The Balaban J connectivity index is 2.11. The lowest BCUT2D eigenvalue weighted by atomic mass is 9.90. The van der Waals surface area contributed by atoms with Gasteiger partial charge >= 0.3 is 5.97 Å². The lowest BCUT2D eigenvalue weighted by Crippen LogP contribution is -2.46. The average Bonchev–Trinajstić information content (AvgIpc) is 3.07. The Morgan fingerprint density at radius 2 is 1.83 bits per heavy atom. The van der Waals surface area contributed by atoms with E-state index >= 15 is 0 Å². The largest absolute Gasteiger partial charge is 0.465 e. The molecule has 23 heavy (non-hydrogen) atoms. The first-order chi connectivity index (χ1) is 10.9. The van der Waals surface area contributed by atoms with Gasteiger partial charge in [-0.2, -0.15) is 0 Å². The van der Waals surface area contributed by atoms with Crippen LogP contribution in [0.4, 0.5) is 5.69 Å². The van der Waals surface area contributed by atoms with Crippen LogP contribution in [0.5, 0.6) is 0 Å². The number of ether oxygens (including phenoxy) is 1. The van der Waals surface area contributed by atoms with Crippen LogP contribution in [0.3, 0.4) is 0 Å². The molecule has 0 atom stereocenters. The molecule has 6 heteroatoms. The monoisotopic (exact) mass is 318 g/mol. The highest BCUT2D eigenvalue weighted by molar-refractivity contribution is 6.10. The molecule has 1 saturated heterocycles. The van der Waals surface area contributed by atoms with Gasteiger partial charge in [0.05, 0.1) is 12.7 Å². The summed E-state index contributed by atoms with van der Waals surface area (Å²) in [5.74, 6) is -1.04. The third-order valence-corrected chi connectivity index (χ3v) is 4.04. The number of rotatable bonds is 4. The van der Waals surface area contributed by atoms with Crippen molar-refractivity contribution in [1.82, 2.24) is 4.90 Å². The van der Waals surface area contributed by atoms with E-state index < -0.39 is 17.3 Å². The van der Waals surface area contributed by atoms with Crippen LogP contribution < -0.4 is 5.32 Å². The quantitative estimate of drug-likeness (QED) is 0.681. The summed E-state index contributed by atoms with van der Waals surface area (Å²) in [6, 6.07) is 6.44. The van der Waals surface area contributed by atoms with Crippen molar-refractivity contribution >= 4 is 23.5 Å². The lowest BCUT2D eigenvalue weighted by molar-refractivity contribution is -0.145. The van der Waals surface area contributed by atoms with Crippen LogP contribution in [-0.4, -0.2) is 42.9 Å². The first kappa shape index (κ1) is 17.0. The number of methoxy groups -OCH3 is 1. The maximum absolute atomic E-state index is 12.5. The summed E-state index contributed by atoms with van der Waals surface area (Å²) in [6.45, 7) is 4.64. The zero-order chi connectivity index (χ0) is 17.0. The van der Waals surface area contributed by atoms with Crippen molar-refractivity contribution in [3.05, 3.63) is 29.8 Å². The van der Waals surface area contributed by atoms with Gasteiger partial charge < -0.3 is 15.0 Å². The smallest absolute Gasteiger partial charge is 0.337 e. The molecule has 0 aromatic heterocycles. The third kappa shape index (κ3) is 3.70. The summed E-state index contributed by atoms with van der Waals surface area (Å²) in [5.41, 5.74) is -0.361. The van der Waals surface area contributed by atoms with Gasteiger partial charge in [0.25, 0.3) is 0 Å². The molecule has 1 aromatic carbocycles. The molecule has 6 nitrogen and oxygen atoms in total. The lowest BCUT2D eigenvalue weighted by Gasteiger charge is -2.28. The van der Waals surface area contributed by atoms with Crippen molar-refractivity contribution in [3.63, 3.8) is 0 Å². The summed E-state index contributed by atoms with van der Waals surface area (Å²) < 4.78 is 4.66. The summed E-state index contributed by atoms with van der Waals surface area (Å²) in [4.78, 5) is 38.3. The van der Waals surface area contributed by atoms with Crippen LogP contribution in [0.15, 0.2) is 24.3 Å². The molecule has 0 bridgehead atoms. The Labute approximate surface area is 135 Å². The molecule has 1 fully saturated rings. The van der Waals surface area contributed by atoms with Gasteiger partial charge in [-0.25, -0.2) is 4.79 Å². The van der Waals surface area contributed by atoms with E-state index in [1.165, 1.54) is 13.2 Å². The molecular formula is C17H22N2O4. The average molecular weight is 318 g/mol. The highest BCUT2D eigenvalue weighted by Crippen LogP contribution is 2.24. The van der Waals surface area contributed by atoms with Crippen LogP contribution in [0.25, 0.3) is 0 Å². The highest BCUT2D eigenvalue weighted by Gasteiger charge is 2.39. The number of nitrogens with one attached hydrogen (secondary N) is 1. The van der Waals surface area contributed by atoms with Gasteiger partial charge in [0.2, 0.25) is 11.8 Å². The number of likely N-dealkylation sites (tertiary alicyclic amines) is 1. The van der Waals surface area contributed by atoms with E-state index in [4.69, 9.17) is 0 Å². The summed E-state index contributed by atoms with van der Waals surface area (Å²) in [5, 5.41) is 2.71. The Bertz CT molecular complexity index is 619. The molecule has 124 valence electrons. The van der Waals surface area contributed by atoms with Gasteiger partial charge in [-0.15, -0.1) is 0 Å². The molecule has 0 radical (unpaired) electrons. The molecule has 0 aliphatic carbocycles. The van der Waals surface area contributed by atoms with Crippen molar-refractivity contribution in [2.24, 2.45) is 5.41 Å². The second kappa shape index (κ2) is 6.81. The number of esters is 1. The number of carbonyl (C=O) groups is 3. The molecule has 1 N–H and O–H groups in total. The Morgan fingerprint density at radius 3 is 2.43 bits per heavy atom. The molecule has 0 unspecified atom stereocenters. The van der Waals surface area contributed by atoms with E-state index in [0.717, 1.165) is 12.8 Å². The molecule has 1 aliphatic rings. The Hall–Kier alpha value is -2.37. The molecule has 0 spiro atoms. The van der Waals surface area contributed by atoms with Crippen LogP contribution in [-0.2, 0) is 14.3 Å². The Morgan fingerprint density at radius 1 is 1.17 bits per heavy atom. The van der Waals surface area contributed by atoms with E-state index in [9.17, 15) is 14.4 Å². The zero-order valence-electron chi connectivity index (χ0n) is 13.7. The van der Waals surface area contributed by atoms with Crippen LogP contribution in [0.2, 0.25) is 0 Å². The third-order valence-electron chi connectivity index (χ3n) is 4.04. The molecule has 2 rings (SSSR count). The van der Waals surface area contributed by atoms with Gasteiger partial charge in [0, 0.05) is 18.8 Å². The van der Waals surface area contributed by atoms with Gasteiger partial charge in [-0.05, 0) is 44.9 Å².